The maximum atomic E-state index is 11.2. The first-order valence-corrected chi connectivity index (χ1v) is 5.47. The van der Waals surface area contributed by atoms with E-state index in [0.29, 0.717) is 17.7 Å². The SMILES string of the molecule is CC(=O)c1ccn(Cc2ccccc2[N+](=O)[O-])c1. The number of hydrogen-bond donors (Lipinski definition) is 0. The van der Waals surface area contributed by atoms with Crippen molar-refractivity contribution in [3.63, 3.8) is 0 Å². The number of para-hydroxylation sites is 1. The minimum atomic E-state index is -0.398. The first-order chi connectivity index (χ1) is 8.58. The largest absolute Gasteiger partial charge is 0.349 e. The third-order valence-corrected chi connectivity index (χ3v) is 2.70. The number of aromatic nitrogens is 1. The Balaban J connectivity index is 2.28. The fraction of sp³-hybridized carbons (Fsp3) is 0.154. The second kappa shape index (κ2) is 4.83. The molecule has 0 N–H and O–H groups in total. The quantitative estimate of drug-likeness (QED) is 0.471. The van der Waals surface area contributed by atoms with Crippen LogP contribution in [0.3, 0.4) is 0 Å². The predicted molar refractivity (Wildman–Crippen MR) is 66.6 cm³/mol. The highest BCUT2D eigenvalue weighted by Crippen LogP contribution is 2.19. The van der Waals surface area contributed by atoms with Gasteiger partial charge in [0.2, 0.25) is 0 Å². The van der Waals surface area contributed by atoms with Gasteiger partial charge in [-0.25, -0.2) is 0 Å². The molecular formula is C13H12N2O3. The van der Waals surface area contributed by atoms with Gasteiger partial charge < -0.3 is 4.57 Å². The minimum absolute atomic E-state index is 0.0173. The summed E-state index contributed by atoms with van der Waals surface area (Å²) in [6.45, 7) is 1.87. The molecule has 0 fully saturated rings. The van der Waals surface area contributed by atoms with E-state index >= 15 is 0 Å². The molecule has 0 radical (unpaired) electrons. The Morgan fingerprint density at radius 1 is 1.33 bits per heavy atom. The van der Waals surface area contributed by atoms with Gasteiger partial charge in [0.25, 0.3) is 5.69 Å². The zero-order valence-corrected chi connectivity index (χ0v) is 9.87. The molecule has 0 amide bonds. The van der Waals surface area contributed by atoms with E-state index in [1.165, 1.54) is 13.0 Å². The fourth-order valence-corrected chi connectivity index (χ4v) is 1.77. The van der Waals surface area contributed by atoms with Gasteiger partial charge in [-0.1, -0.05) is 18.2 Å². The van der Waals surface area contributed by atoms with Crippen LogP contribution >= 0.6 is 0 Å². The molecule has 2 rings (SSSR count). The number of nitro benzene ring substituents is 1. The zero-order valence-electron chi connectivity index (χ0n) is 9.87. The van der Waals surface area contributed by atoms with Crippen molar-refractivity contribution in [1.82, 2.24) is 4.57 Å². The van der Waals surface area contributed by atoms with Crippen molar-refractivity contribution >= 4 is 11.5 Å². The Hall–Kier alpha value is -2.43. The maximum absolute atomic E-state index is 11.2. The van der Waals surface area contributed by atoms with E-state index < -0.39 is 4.92 Å². The first-order valence-electron chi connectivity index (χ1n) is 5.47. The van der Waals surface area contributed by atoms with Crippen LogP contribution in [0.1, 0.15) is 22.8 Å². The van der Waals surface area contributed by atoms with Crippen LogP contribution in [0, 0.1) is 10.1 Å². The predicted octanol–water partition coefficient (Wildman–Crippen LogP) is 2.65. The molecule has 5 nitrogen and oxygen atoms in total. The summed E-state index contributed by atoms with van der Waals surface area (Å²) in [6.07, 6.45) is 3.44. The molecule has 1 aromatic heterocycles. The summed E-state index contributed by atoms with van der Waals surface area (Å²) >= 11 is 0. The zero-order chi connectivity index (χ0) is 13.1. The van der Waals surface area contributed by atoms with Gasteiger partial charge in [0.1, 0.15) is 0 Å². The molecule has 0 spiro atoms. The van der Waals surface area contributed by atoms with E-state index in [-0.39, 0.29) is 11.5 Å². The minimum Gasteiger partial charge on any atom is -0.349 e. The fourth-order valence-electron chi connectivity index (χ4n) is 1.77. The third kappa shape index (κ3) is 2.45. The van der Waals surface area contributed by atoms with Crippen LogP contribution in [-0.2, 0) is 6.54 Å². The van der Waals surface area contributed by atoms with Crippen molar-refractivity contribution in [3.8, 4) is 0 Å². The van der Waals surface area contributed by atoms with E-state index in [1.54, 1.807) is 41.2 Å². The van der Waals surface area contributed by atoms with Crippen molar-refractivity contribution in [2.45, 2.75) is 13.5 Å². The van der Waals surface area contributed by atoms with Crippen LogP contribution in [0.5, 0.6) is 0 Å². The number of carbonyl (C=O) groups excluding carboxylic acids is 1. The van der Waals surface area contributed by atoms with Gasteiger partial charge in [-0.05, 0) is 13.0 Å². The van der Waals surface area contributed by atoms with Crippen LogP contribution in [-0.4, -0.2) is 15.3 Å². The summed E-state index contributed by atoms with van der Waals surface area (Å²) in [7, 11) is 0. The number of carbonyl (C=O) groups is 1. The lowest BCUT2D eigenvalue weighted by Gasteiger charge is -2.03. The highest BCUT2D eigenvalue weighted by molar-refractivity contribution is 5.93. The molecule has 1 aromatic carbocycles. The topological polar surface area (TPSA) is 65.1 Å². The van der Waals surface area contributed by atoms with E-state index in [9.17, 15) is 14.9 Å². The highest BCUT2D eigenvalue weighted by Gasteiger charge is 2.12. The highest BCUT2D eigenvalue weighted by atomic mass is 16.6. The number of benzene rings is 1. The lowest BCUT2D eigenvalue weighted by molar-refractivity contribution is -0.385. The van der Waals surface area contributed by atoms with Crippen LogP contribution < -0.4 is 0 Å². The molecule has 0 aliphatic rings. The van der Waals surface area contributed by atoms with Crippen molar-refractivity contribution < 1.29 is 9.72 Å². The summed E-state index contributed by atoms with van der Waals surface area (Å²) in [5.74, 6) is -0.0173. The lowest BCUT2D eigenvalue weighted by Crippen LogP contribution is -2.01. The Labute approximate surface area is 104 Å². The van der Waals surface area contributed by atoms with E-state index in [4.69, 9.17) is 0 Å². The summed E-state index contributed by atoms with van der Waals surface area (Å²) in [5.41, 5.74) is 1.32. The first kappa shape index (κ1) is 12.0. The Morgan fingerprint density at radius 3 is 2.67 bits per heavy atom. The molecule has 0 aliphatic heterocycles. The Kier molecular flexibility index (Phi) is 3.23. The molecule has 5 heteroatoms. The molecule has 0 aliphatic carbocycles. The molecular weight excluding hydrogens is 232 g/mol. The number of nitrogens with zero attached hydrogens (tertiary/aromatic N) is 2. The van der Waals surface area contributed by atoms with Gasteiger partial charge in [-0.15, -0.1) is 0 Å². The molecule has 2 aromatic rings. The number of hydrogen-bond acceptors (Lipinski definition) is 3. The van der Waals surface area contributed by atoms with Crippen molar-refractivity contribution in [2.24, 2.45) is 0 Å². The monoisotopic (exact) mass is 244 g/mol. The average molecular weight is 244 g/mol. The van der Waals surface area contributed by atoms with Crippen LogP contribution in [0.15, 0.2) is 42.7 Å². The van der Waals surface area contributed by atoms with Crippen molar-refractivity contribution in [1.29, 1.82) is 0 Å². The second-order valence-electron chi connectivity index (χ2n) is 4.01. The van der Waals surface area contributed by atoms with E-state index in [2.05, 4.69) is 0 Å². The van der Waals surface area contributed by atoms with Gasteiger partial charge in [0, 0.05) is 29.6 Å². The average Bonchev–Trinajstić information content (AvgIpc) is 2.78. The number of ketones is 1. The van der Waals surface area contributed by atoms with Gasteiger partial charge in [0.15, 0.2) is 5.78 Å². The molecule has 0 saturated heterocycles. The molecule has 1 heterocycles. The number of rotatable bonds is 4. The standard InChI is InChI=1S/C13H12N2O3/c1-10(16)11-6-7-14(8-11)9-12-4-2-3-5-13(12)15(17)18/h2-8H,9H2,1H3. The number of Topliss-reactive ketones (excluding diaryl/α,β-unsaturated/α-hetero) is 1. The van der Waals surface area contributed by atoms with Crippen LogP contribution in [0.2, 0.25) is 0 Å². The molecule has 92 valence electrons. The van der Waals surface area contributed by atoms with Gasteiger partial charge >= 0.3 is 0 Å². The maximum Gasteiger partial charge on any atom is 0.274 e. The molecule has 0 atom stereocenters. The lowest BCUT2D eigenvalue weighted by atomic mass is 10.2. The van der Waals surface area contributed by atoms with E-state index in [1.807, 2.05) is 0 Å². The van der Waals surface area contributed by atoms with Crippen LogP contribution in [0.25, 0.3) is 0 Å². The van der Waals surface area contributed by atoms with Gasteiger partial charge in [-0.2, -0.15) is 0 Å². The van der Waals surface area contributed by atoms with Gasteiger partial charge in [-0.3, -0.25) is 14.9 Å². The van der Waals surface area contributed by atoms with Crippen molar-refractivity contribution in [3.05, 3.63) is 64.0 Å². The normalized spacial score (nSPS) is 10.3. The smallest absolute Gasteiger partial charge is 0.274 e. The molecule has 18 heavy (non-hydrogen) atoms. The number of nitro groups is 1. The second-order valence-corrected chi connectivity index (χ2v) is 4.01. The summed E-state index contributed by atoms with van der Waals surface area (Å²) in [4.78, 5) is 21.6. The summed E-state index contributed by atoms with van der Waals surface area (Å²) in [6, 6.07) is 8.30. The van der Waals surface area contributed by atoms with E-state index in [0.717, 1.165) is 0 Å². The Bertz CT molecular complexity index is 602. The summed E-state index contributed by atoms with van der Waals surface area (Å²) in [5, 5.41) is 10.9. The molecule has 0 saturated carbocycles. The summed E-state index contributed by atoms with van der Waals surface area (Å²) < 4.78 is 1.76. The van der Waals surface area contributed by atoms with Crippen molar-refractivity contribution in [2.75, 3.05) is 0 Å². The molecule has 0 bridgehead atoms. The van der Waals surface area contributed by atoms with Crippen LogP contribution in [0.4, 0.5) is 5.69 Å². The third-order valence-electron chi connectivity index (χ3n) is 2.70. The van der Waals surface area contributed by atoms with Gasteiger partial charge in [0.05, 0.1) is 11.5 Å². The molecule has 0 unspecified atom stereocenters. The Morgan fingerprint density at radius 2 is 2.06 bits per heavy atom.